The molecule has 4 heteroatoms. The van der Waals surface area contributed by atoms with Crippen LogP contribution in [0.25, 0.3) is 0 Å². The van der Waals surface area contributed by atoms with Gasteiger partial charge in [0.1, 0.15) is 5.76 Å². The van der Waals surface area contributed by atoms with Gasteiger partial charge in [-0.15, -0.1) is 0 Å². The Morgan fingerprint density at radius 3 is 2.68 bits per heavy atom. The zero-order valence-corrected chi connectivity index (χ0v) is 11.0. The molecule has 0 bridgehead atoms. The quantitative estimate of drug-likeness (QED) is 0.897. The van der Waals surface area contributed by atoms with Gasteiger partial charge in [-0.25, -0.2) is 0 Å². The second-order valence-corrected chi connectivity index (χ2v) is 4.91. The standard InChI is InChI=1S/C15H16N2O2/c1-10(2)17-14(13-8-5-9-19-13)16-12-7-4-3-6-11(12)15(17)18/h3-10,14,16H,1-2H3. The van der Waals surface area contributed by atoms with Crippen LogP contribution in [0.1, 0.15) is 36.1 Å². The van der Waals surface area contributed by atoms with Gasteiger partial charge in [-0.1, -0.05) is 12.1 Å². The Bertz CT molecular complexity index is 590. The van der Waals surface area contributed by atoms with E-state index in [0.717, 1.165) is 11.4 Å². The Hall–Kier alpha value is -2.23. The molecule has 0 saturated carbocycles. The van der Waals surface area contributed by atoms with Crippen molar-refractivity contribution >= 4 is 11.6 Å². The first-order valence-corrected chi connectivity index (χ1v) is 6.40. The third kappa shape index (κ3) is 1.89. The minimum absolute atomic E-state index is 0.0331. The molecule has 0 saturated heterocycles. The van der Waals surface area contributed by atoms with Crippen LogP contribution in [-0.4, -0.2) is 16.8 Å². The molecule has 1 atom stereocenters. The first kappa shape index (κ1) is 11.8. The Kier molecular flexibility index (Phi) is 2.78. The van der Waals surface area contributed by atoms with Crippen molar-refractivity contribution in [3.63, 3.8) is 0 Å². The van der Waals surface area contributed by atoms with Gasteiger partial charge < -0.3 is 14.6 Å². The minimum Gasteiger partial charge on any atom is -0.465 e. The molecule has 1 unspecified atom stereocenters. The van der Waals surface area contributed by atoms with E-state index >= 15 is 0 Å². The molecule has 98 valence electrons. The fraction of sp³-hybridized carbons (Fsp3) is 0.267. The third-order valence-electron chi connectivity index (χ3n) is 3.33. The molecule has 19 heavy (non-hydrogen) atoms. The van der Waals surface area contributed by atoms with Crippen LogP contribution in [0.15, 0.2) is 47.1 Å². The summed E-state index contributed by atoms with van der Waals surface area (Å²) in [7, 11) is 0. The SMILES string of the molecule is CC(C)N1C(=O)c2ccccc2NC1c1ccco1. The van der Waals surface area contributed by atoms with Gasteiger partial charge in [0.2, 0.25) is 0 Å². The molecule has 1 amide bonds. The average Bonchev–Trinajstić information content (AvgIpc) is 2.92. The fourth-order valence-corrected chi connectivity index (χ4v) is 2.46. The molecule has 4 nitrogen and oxygen atoms in total. The molecule has 1 aromatic heterocycles. The van der Waals surface area contributed by atoms with Crippen molar-refractivity contribution < 1.29 is 9.21 Å². The van der Waals surface area contributed by atoms with Gasteiger partial charge >= 0.3 is 0 Å². The summed E-state index contributed by atoms with van der Waals surface area (Å²) in [6, 6.07) is 11.4. The maximum Gasteiger partial charge on any atom is 0.258 e. The van der Waals surface area contributed by atoms with Crippen molar-refractivity contribution in [1.29, 1.82) is 0 Å². The Balaban J connectivity index is 2.08. The fourth-order valence-electron chi connectivity index (χ4n) is 2.46. The molecular weight excluding hydrogens is 240 g/mol. The number of nitrogens with one attached hydrogen (secondary N) is 1. The van der Waals surface area contributed by atoms with E-state index in [1.165, 1.54) is 0 Å². The molecule has 0 radical (unpaired) electrons. The normalized spacial score (nSPS) is 18.4. The molecule has 0 fully saturated rings. The predicted molar refractivity (Wildman–Crippen MR) is 72.8 cm³/mol. The van der Waals surface area contributed by atoms with Gasteiger partial charge in [-0.2, -0.15) is 0 Å². The van der Waals surface area contributed by atoms with Crippen LogP contribution < -0.4 is 5.32 Å². The van der Waals surface area contributed by atoms with E-state index in [0.29, 0.717) is 5.56 Å². The molecule has 0 spiro atoms. The van der Waals surface area contributed by atoms with Crippen molar-refractivity contribution in [2.45, 2.75) is 26.1 Å². The van der Waals surface area contributed by atoms with Crippen molar-refractivity contribution in [3.05, 3.63) is 54.0 Å². The molecule has 1 aliphatic rings. The zero-order chi connectivity index (χ0) is 13.4. The van der Waals surface area contributed by atoms with E-state index in [-0.39, 0.29) is 18.1 Å². The lowest BCUT2D eigenvalue weighted by Crippen LogP contribution is -2.46. The van der Waals surface area contributed by atoms with E-state index in [1.807, 2.05) is 50.2 Å². The van der Waals surface area contributed by atoms with Gasteiger partial charge in [-0.05, 0) is 38.1 Å². The number of furan rings is 1. The van der Waals surface area contributed by atoms with Crippen molar-refractivity contribution in [1.82, 2.24) is 4.90 Å². The summed E-state index contributed by atoms with van der Waals surface area (Å²) in [5.41, 5.74) is 1.56. The molecule has 2 heterocycles. The number of carbonyl (C=O) groups is 1. The summed E-state index contributed by atoms with van der Waals surface area (Å²) in [4.78, 5) is 14.4. The third-order valence-corrected chi connectivity index (χ3v) is 3.33. The van der Waals surface area contributed by atoms with E-state index in [2.05, 4.69) is 5.32 Å². The molecule has 1 aliphatic heterocycles. The Morgan fingerprint density at radius 1 is 1.21 bits per heavy atom. The van der Waals surface area contributed by atoms with Crippen LogP contribution in [0, 0.1) is 0 Å². The molecule has 2 aromatic rings. The smallest absolute Gasteiger partial charge is 0.258 e. The summed E-state index contributed by atoms with van der Waals surface area (Å²) in [5.74, 6) is 0.780. The molecule has 0 aliphatic carbocycles. The number of rotatable bonds is 2. The summed E-state index contributed by atoms with van der Waals surface area (Å²) in [5, 5.41) is 3.37. The molecule has 3 rings (SSSR count). The number of fused-ring (bicyclic) bond motifs is 1. The number of hydrogen-bond donors (Lipinski definition) is 1. The number of para-hydroxylation sites is 1. The minimum atomic E-state index is -0.252. The molecule has 1 N–H and O–H groups in total. The summed E-state index contributed by atoms with van der Waals surface area (Å²) >= 11 is 0. The van der Waals surface area contributed by atoms with E-state index in [4.69, 9.17) is 4.42 Å². The predicted octanol–water partition coefficient (Wildman–Crippen LogP) is 3.25. The lowest BCUT2D eigenvalue weighted by Gasteiger charge is -2.39. The first-order valence-electron chi connectivity index (χ1n) is 6.40. The van der Waals surface area contributed by atoms with Crippen LogP contribution >= 0.6 is 0 Å². The number of hydrogen-bond acceptors (Lipinski definition) is 3. The number of anilines is 1. The number of benzene rings is 1. The molecular formula is C15H16N2O2. The van der Waals surface area contributed by atoms with Crippen LogP contribution in [0.3, 0.4) is 0 Å². The first-order chi connectivity index (χ1) is 9.18. The molecule has 1 aromatic carbocycles. The maximum absolute atomic E-state index is 12.6. The van der Waals surface area contributed by atoms with E-state index in [9.17, 15) is 4.79 Å². The Labute approximate surface area is 112 Å². The van der Waals surface area contributed by atoms with Gasteiger partial charge in [0.15, 0.2) is 6.17 Å². The zero-order valence-electron chi connectivity index (χ0n) is 11.0. The van der Waals surface area contributed by atoms with Crippen LogP contribution in [0.5, 0.6) is 0 Å². The summed E-state index contributed by atoms with van der Waals surface area (Å²) < 4.78 is 5.46. The van der Waals surface area contributed by atoms with Gasteiger partial charge in [-0.3, -0.25) is 4.79 Å². The highest BCUT2D eigenvalue weighted by Gasteiger charge is 2.35. The van der Waals surface area contributed by atoms with Gasteiger partial charge in [0.05, 0.1) is 11.8 Å². The second-order valence-electron chi connectivity index (χ2n) is 4.91. The number of amides is 1. The highest BCUT2D eigenvalue weighted by molar-refractivity contribution is 6.01. The second kappa shape index (κ2) is 4.46. The lowest BCUT2D eigenvalue weighted by atomic mass is 10.0. The highest BCUT2D eigenvalue weighted by atomic mass is 16.3. The number of carbonyl (C=O) groups excluding carboxylic acids is 1. The lowest BCUT2D eigenvalue weighted by molar-refractivity contribution is 0.0592. The van der Waals surface area contributed by atoms with Gasteiger partial charge in [0.25, 0.3) is 5.91 Å². The van der Waals surface area contributed by atoms with Crippen LogP contribution in [-0.2, 0) is 0 Å². The number of nitrogens with zero attached hydrogens (tertiary/aromatic N) is 1. The van der Waals surface area contributed by atoms with Crippen LogP contribution in [0.4, 0.5) is 5.69 Å². The summed E-state index contributed by atoms with van der Waals surface area (Å²) in [6.45, 7) is 4.01. The van der Waals surface area contributed by atoms with Crippen molar-refractivity contribution in [2.75, 3.05) is 5.32 Å². The highest BCUT2D eigenvalue weighted by Crippen LogP contribution is 2.34. The van der Waals surface area contributed by atoms with E-state index in [1.54, 1.807) is 11.2 Å². The van der Waals surface area contributed by atoms with Crippen LogP contribution in [0.2, 0.25) is 0 Å². The largest absolute Gasteiger partial charge is 0.465 e. The van der Waals surface area contributed by atoms with E-state index < -0.39 is 0 Å². The topological polar surface area (TPSA) is 45.5 Å². The van der Waals surface area contributed by atoms with Crippen molar-refractivity contribution in [3.8, 4) is 0 Å². The van der Waals surface area contributed by atoms with Gasteiger partial charge in [0, 0.05) is 11.7 Å². The summed E-state index contributed by atoms with van der Waals surface area (Å²) in [6.07, 6.45) is 1.37. The average molecular weight is 256 g/mol. The Morgan fingerprint density at radius 2 is 2.00 bits per heavy atom. The van der Waals surface area contributed by atoms with Crippen molar-refractivity contribution in [2.24, 2.45) is 0 Å². The maximum atomic E-state index is 12.6. The monoisotopic (exact) mass is 256 g/mol.